The van der Waals surface area contributed by atoms with Crippen LogP contribution in [-0.2, 0) is 17.6 Å². The molecule has 0 amide bonds. The van der Waals surface area contributed by atoms with Gasteiger partial charge < -0.3 is 10.5 Å². The van der Waals surface area contributed by atoms with Crippen molar-refractivity contribution in [1.82, 2.24) is 9.88 Å². The molecule has 1 aromatic carbocycles. The fourth-order valence-electron chi connectivity index (χ4n) is 2.91. The molecule has 1 unspecified atom stereocenters. The zero-order chi connectivity index (χ0) is 15.4. The van der Waals surface area contributed by atoms with E-state index in [1.165, 1.54) is 16.3 Å². The predicted octanol–water partition coefficient (Wildman–Crippen LogP) is 2.18. The Kier molecular flexibility index (Phi) is 5.26. The fourth-order valence-corrected chi connectivity index (χ4v) is 3.27. The molecule has 3 rings (SSSR count). The van der Waals surface area contributed by atoms with Gasteiger partial charge in [-0.3, -0.25) is 9.88 Å². The number of alkyl halides is 1. The monoisotopic (exact) mass is 319 g/mol. The number of ether oxygens (including phenoxy) is 1. The lowest BCUT2D eigenvalue weighted by atomic mass is 10.0. The second-order valence-electron chi connectivity index (χ2n) is 5.64. The minimum absolute atomic E-state index is 0.00165. The third-order valence-electron chi connectivity index (χ3n) is 4.14. The molecule has 1 atom stereocenters. The molecule has 1 aliphatic rings. The van der Waals surface area contributed by atoms with Gasteiger partial charge in [0.15, 0.2) is 0 Å². The second kappa shape index (κ2) is 7.38. The van der Waals surface area contributed by atoms with Crippen molar-refractivity contribution in [2.24, 2.45) is 5.73 Å². The maximum absolute atomic E-state index is 6.61. The summed E-state index contributed by atoms with van der Waals surface area (Å²) in [6.07, 6.45) is 3.58. The number of nitrogens with two attached hydrogens (primary N) is 1. The maximum atomic E-state index is 6.61. The van der Waals surface area contributed by atoms with Gasteiger partial charge in [-0.2, -0.15) is 0 Å². The van der Waals surface area contributed by atoms with Crippen LogP contribution in [0.5, 0.6) is 0 Å². The first-order valence-corrected chi connectivity index (χ1v) is 8.24. The van der Waals surface area contributed by atoms with Crippen LogP contribution in [0.1, 0.15) is 11.3 Å². The van der Waals surface area contributed by atoms with E-state index in [2.05, 4.69) is 34.1 Å². The summed E-state index contributed by atoms with van der Waals surface area (Å²) in [5.74, 6) is 0. The summed E-state index contributed by atoms with van der Waals surface area (Å²) in [5.41, 5.74) is 7.90. The smallest absolute Gasteiger partial charge is 0.0892 e. The summed E-state index contributed by atoms with van der Waals surface area (Å²) in [5, 5.41) is 2.39. The van der Waals surface area contributed by atoms with Crippen molar-refractivity contribution in [2.45, 2.75) is 18.3 Å². The summed E-state index contributed by atoms with van der Waals surface area (Å²) >= 11 is 6.61. The van der Waals surface area contributed by atoms with Crippen LogP contribution >= 0.6 is 11.6 Å². The van der Waals surface area contributed by atoms with Crippen molar-refractivity contribution < 1.29 is 4.74 Å². The van der Waals surface area contributed by atoms with Crippen LogP contribution in [0.3, 0.4) is 0 Å². The fraction of sp³-hybridized carbons (Fsp3) is 0.471. The maximum Gasteiger partial charge on any atom is 0.0892 e. The lowest BCUT2D eigenvalue weighted by Gasteiger charge is -2.31. The van der Waals surface area contributed by atoms with E-state index in [9.17, 15) is 0 Å². The van der Waals surface area contributed by atoms with E-state index >= 15 is 0 Å². The largest absolute Gasteiger partial charge is 0.379 e. The molecule has 0 radical (unpaired) electrons. The average Bonchev–Trinajstić information content (AvgIpc) is 2.56. The SMILES string of the molecule is NCCc1cc2cccc(CC(Cl)N3CCOCC3)c2cn1. The van der Waals surface area contributed by atoms with Crippen LogP contribution in [0.15, 0.2) is 30.5 Å². The van der Waals surface area contributed by atoms with E-state index in [1.807, 2.05) is 6.20 Å². The molecule has 0 bridgehead atoms. The van der Waals surface area contributed by atoms with Gasteiger partial charge >= 0.3 is 0 Å². The van der Waals surface area contributed by atoms with Crippen molar-refractivity contribution in [3.8, 4) is 0 Å². The van der Waals surface area contributed by atoms with Crippen molar-refractivity contribution in [3.05, 3.63) is 41.7 Å². The van der Waals surface area contributed by atoms with Crippen molar-refractivity contribution >= 4 is 22.4 Å². The van der Waals surface area contributed by atoms with Crippen LogP contribution < -0.4 is 5.73 Å². The summed E-state index contributed by atoms with van der Waals surface area (Å²) in [6, 6.07) is 8.48. The summed E-state index contributed by atoms with van der Waals surface area (Å²) in [6.45, 7) is 3.96. The molecule has 1 aliphatic heterocycles. The Balaban J connectivity index is 1.80. The van der Waals surface area contributed by atoms with Crippen molar-refractivity contribution in [2.75, 3.05) is 32.8 Å². The van der Waals surface area contributed by atoms with Gasteiger partial charge in [0.1, 0.15) is 0 Å². The minimum Gasteiger partial charge on any atom is -0.379 e. The zero-order valence-electron chi connectivity index (χ0n) is 12.7. The van der Waals surface area contributed by atoms with Gasteiger partial charge in [-0.15, -0.1) is 11.6 Å². The van der Waals surface area contributed by atoms with Crippen LogP contribution in [0.2, 0.25) is 0 Å². The number of rotatable bonds is 5. The highest BCUT2D eigenvalue weighted by Gasteiger charge is 2.19. The number of benzene rings is 1. The number of pyridine rings is 1. The number of nitrogens with zero attached hydrogens (tertiary/aromatic N) is 2. The number of fused-ring (bicyclic) bond motifs is 1. The number of hydrogen-bond donors (Lipinski definition) is 1. The first kappa shape index (κ1) is 15.7. The third kappa shape index (κ3) is 3.58. The van der Waals surface area contributed by atoms with Crippen molar-refractivity contribution in [3.63, 3.8) is 0 Å². The first-order valence-electron chi connectivity index (χ1n) is 7.80. The molecular weight excluding hydrogens is 298 g/mol. The standard InChI is InChI=1S/C17H22ClN3O/c18-17(21-6-8-22-9-7-21)11-14-3-1-2-13-10-15(4-5-19)20-12-16(13)14/h1-3,10,12,17H,4-9,11,19H2. The predicted molar refractivity (Wildman–Crippen MR) is 90.2 cm³/mol. The zero-order valence-corrected chi connectivity index (χ0v) is 13.4. The molecule has 0 aliphatic carbocycles. The number of hydrogen-bond acceptors (Lipinski definition) is 4. The highest BCUT2D eigenvalue weighted by atomic mass is 35.5. The molecule has 118 valence electrons. The first-order chi connectivity index (χ1) is 10.8. The third-order valence-corrected chi connectivity index (χ3v) is 4.57. The molecule has 22 heavy (non-hydrogen) atoms. The number of aromatic nitrogens is 1. The Bertz CT molecular complexity index is 628. The average molecular weight is 320 g/mol. The van der Waals surface area contributed by atoms with E-state index in [-0.39, 0.29) is 5.50 Å². The molecule has 4 nitrogen and oxygen atoms in total. The molecule has 5 heteroatoms. The highest BCUT2D eigenvalue weighted by molar-refractivity contribution is 6.20. The van der Waals surface area contributed by atoms with Crippen LogP contribution in [0.4, 0.5) is 0 Å². The molecule has 1 saturated heterocycles. The van der Waals surface area contributed by atoms with Gasteiger partial charge in [-0.25, -0.2) is 0 Å². The van der Waals surface area contributed by atoms with Gasteiger partial charge in [-0.1, -0.05) is 18.2 Å². The Morgan fingerprint density at radius 2 is 2.14 bits per heavy atom. The Morgan fingerprint density at radius 3 is 2.91 bits per heavy atom. The Labute approximate surface area is 136 Å². The van der Waals surface area contributed by atoms with Crippen molar-refractivity contribution in [1.29, 1.82) is 0 Å². The molecule has 0 saturated carbocycles. The van der Waals surface area contributed by atoms with E-state index in [0.717, 1.165) is 44.8 Å². The minimum atomic E-state index is -0.00165. The van der Waals surface area contributed by atoms with Gasteiger partial charge in [0.2, 0.25) is 0 Å². The van der Waals surface area contributed by atoms with Crippen LogP contribution in [0, 0.1) is 0 Å². The molecule has 1 fully saturated rings. The van der Waals surface area contributed by atoms with Crippen LogP contribution in [0.25, 0.3) is 10.8 Å². The molecule has 0 spiro atoms. The number of halogens is 1. The molecular formula is C17H22ClN3O. The lowest BCUT2D eigenvalue weighted by molar-refractivity contribution is 0.0314. The summed E-state index contributed by atoms with van der Waals surface area (Å²) in [4.78, 5) is 6.80. The van der Waals surface area contributed by atoms with Gasteiger partial charge in [0, 0.05) is 43.2 Å². The van der Waals surface area contributed by atoms with Gasteiger partial charge in [0.25, 0.3) is 0 Å². The quantitative estimate of drug-likeness (QED) is 0.678. The summed E-state index contributed by atoms with van der Waals surface area (Å²) < 4.78 is 5.39. The van der Waals surface area contributed by atoms with E-state index in [0.29, 0.717) is 6.54 Å². The Morgan fingerprint density at radius 1 is 1.32 bits per heavy atom. The normalized spacial score (nSPS) is 17.7. The van der Waals surface area contributed by atoms with E-state index < -0.39 is 0 Å². The topological polar surface area (TPSA) is 51.4 Å². The number of morpholine rings is 1. The Hall–Kier alpha value is -1.20. The molecule has 2 aromatic rings. The molecule has 2 N–H and O–H groups in total. The lowest BCUT2D eigenvalue weighted by Crippen LogP contribution is -2.41. The van der Waals surface area contributed by atoms with Gasteiger partial charge in [-0.05, 0) is 23.6 Å². The molecule has 2 heterocycles. The second-order valence-corrected chi connectivity index (χ2v) is 6.14. The van der Waals surface area contributed by atoms with Gasteiger partial charge in [0.05, 0.1) is 18.7 Å². The van der Waals surface area contributed by atoms with E-state index in [4.69, 9.17) is 22.1 Å². The van der Waals surface area contributed by atoms with Crippen LogP contribution in [-0.4, -0.2) is 48.2 Å². The van der Waals surface area contributed by atoms with E-state index in [1.54, 1.807) is 0 Å². The molecule has 1 aromatic heterocycles. The summed E-state index contributed by atoms with van der Waals surface area (Å²) in [7, 11) is 0. The highest BCUT2D eigenvalue weighted by Crippen LogP contribution is 2.23.